The van der Waals surface area contributed by atoms with E-state index in [9.17, 15) is 9.59 Å². The van der Waals surface area contributed by atoms with Crippen LogP contribution in [0.15, 0.2) is 91.0 Å². The summed E-state index contributed by atoms with van der Waals surface area (Å²) in [4.78, 5) is 26.7. The summed E-state index contributed by atoms with van der Waals surface area (Å²) in [6, 6.07) is 25.6. The Bertz CT molecular complexity index is 1440. The van der Waals surface area contributed by atoms with E-state index in [0.717, 1.165) is 21.9 Å². The quantitative estimate of drug-likeness (QED) is 0.347. The number of rotatable bonds is 4. The molecule has 1 atom stereocenters. The lowest BCUT2D eigenvalue weighted by Crippen LogP contribution is -2.24. The molecule has 2 amide bonds. The standard InChI is InChI=1S/C27H22N4O2/c28-17-7-3-9-19(13-17)30-26(32)23-15-24(27(33)31-20-10-4-8-18(29)14-20)22-12-2-6-16-5-1-11-21(23)25(16)22/h1-15,23H,28-29H2,(H,30,32)(H,31,33). The zero-order chi connectivity index (χ0) is 22.9. The van der Waals surface area contributed by atoms with Crippen molar-refractivity contribution >= 4 is 50.9 Å². The topological polar surface area (TPSA) is 110 Å². The number of nitrogen functional groups attached to an aromatic ring is 2. The highest BCUT2D eigenvalue weighted by molar-refractivity contribution is 6.29. The van der Waals surface area contributed by atoms with Crippen LogP contribution in [-0.2, 0) is 9.59 Å². The number of anilines is 4. The van der Waals surface area contributed by atoms with E-state index >= 15 is 0 Å². The second-order valence-electron chi connectivity index (χ2n) is 8.00. The molecular weight excluding hydrogens is 412 g/mol. The Labute approximate surface area is 190 Å². The predicted molar refractivity (Wildman–Crippen MR) is 134 cm³/mol. The van der Waals surface area contributed by atoms with Crippen molar-refractivity contribution in [2.24, 2.45) is 0 Å². The van der Waals surface area contributed by atoms with Crippen molar-refractivity contribution in [2.75, 3.05) is 22.1 Å². The van der Waals surface area contributed by atoms with Gasteiger partial charge in [0.25, 0.3) is 5.91 Å². The van der Waals surface area contributed by atoms with Crippen LogP contribution in [0.4, 0.5) is 22.7 Å². The molecule has 0 spiro atoms. The number of benzene rings is 4. The molecular formula is C27H22N4O2. The van der Waals surface area contributed by atoms with Crippen molar-refractivity contribution in [3.05, 3.63) is 102 Å². The Morgan fingerprint density at radius 3 is 2.00 bits per heavy atom. The van der Waals surface area contributed by atoms with E-state index in [2.05, 4.69) is 10.6 Å². The molecule has 4 aromatic carbocycles. The second kappa shape index (κ2) is 8.16. The number of carbonyl (C=O) groups excluding carboxylic acids is 2. The first-order valence-electron chi connectivity index (χ1n) is 10.6. The van der Waals surface area contributed by atoms with Crippen molar-refractivity contribution in [1.82, 2.24) is 0 Å². The van der Waals surface area contributed by atoms with Crippen LogP contribution >= 0.6 is 0 Å². The molecule has 0 radical (unpaired) electrons. The molecule has 162 valence electrons. The van der Waals surface area contributed by atoms with Gasteiger partial charge in [-0.1, -0.05) is 54.6 Å². The zero-order valence-corrected chi connectivity index (χ0v) is 17.7. The fourth-order valence-electron chi connectivity index (χ4n) is 4.27. The van der Waals surface area contributed by atoms with Crippen LogP contribution in [0, 0.1) is 0 Å². The molecule has 5 rings (SSSR count). The molecule has 1 unspecified atom stereocenters. The number of hydrogen-bond acceptors (Lipinski definition) is 4. The highest BCUT2D eigenvalue weighted by Crippen LogP contribution is 2.39. The molecule has 0 saturated carbocycles. The van der Waals surface area contributed by atoms with Gasteiger partial charge in [-0.15, -0.1) is 0 Å². The molecule has 0 aliphatic heterocycles. The molecule has 6 heteroatoms. The van der Waals surface area contributed by atoms with Crippen LogP contribution in [-0.4, -0.2) is 11.8 Å². The number of hydrogen-bond donors (Lipinski definition) is 4. The maximum atomic E-state index is 13.4. The van der Waals surface area contributed by atoms with E-state index in [1.165, 1.54) is 0 Å². The first-order chi connectivity index (χ1) is 16.0. The van der Waals surface area contributed by atoms with Gasteiger partial charge in [0, 0.05) is 28.3 Å². The van der Waals surface area contributed by atoms with Crippen molar-refractivity contribution in [2.45, 2.75) is 5.92 Å². The fourth-order valence-corrected chi connectivity index (χ4v) is 4.27. The van der Waals surface area contributed by atoms with E-state index in [0.29, 0.717) is 28.3 Å². The van der Waals surface area contributed by atoms with E-state index in [4.69, 9.17) is 11.5 Å². The van der Waals surface area contributed by atoms with Gasteiger partial charge < -0.3 is 22.1 Å². The molecule has 0 saturated heterocycles. The van der Waals surface area contributed by atoms with Crippen LogP contribution in [0.25, 0.3) is 16.3 Å². The summed E-state index contributed by atoms with van der Waals surface area (Å²) in [5.41, 5.74) is 16.1. The Kier molecular flexibility index (Phi) is 5.03. The molecule has 6 N–H and O–H groups in total. The number of nitrogens with two attached hydrogens (primary N) is 2. The molecule has 6 nitrogen and oxygen atoms in total. The smallest absolute Gasteiger partial charge is 0.256 e. The Balaban J connectivity index is 1.57. The Hall–Kier alpha value is -4.58. The van der Waals surface area contributed by atoms with Crippen LogP contribution in [0.1, 0.15) is 17.0 Å². The summed E-state index contributed by atoms with van der Waals surface area (Å²) in [6.07, 6.45) is 1.72. The Morgan fingerprint density at radius 2 is 1.33 bits per heavy atom. The van der Waals surface area contributed by atoms with Gasteiger partial charge in [-0.2, -0.15) is 0 Å². The number of amides is 2. The molecule has 1 aliphatic rings. The predicted octanol–water partition coefficient (Wildman–Crippen LogP) is 4.76. The maximum Gasteiger partial charge on any atom is 0.256 e. The van der Waals surface area contributed by atoms with Crippen molar-refractivity contribution < 1.29 is 9.59 Å². The van der Waals surface area contributed by atoms with Crippen molar-refractivity contribution in [3.8, 4) is 0 Å². The van der Waals surface area contributed by atoms with E-state index in [1.807, 2.05) is 36.4 Å². The molecule has 0 bridgehead atoms. The van der Waals surface area contributed by atoms with E-state index in [1.54, 1.807) is 54.6 Å². The lowest BCUT2D eigenvalue weighted by atomic mass is 9.81. The van der Waals surface area contributed by atoms with E-state index in [-0.39, 0.29) is 11.8 Å². The van der Waals surface area contributed by atoms with Crippen LogP contribution in [0.2, 0.25) is 0 Å². The highest BCUT2D eigenvalue weighted by Gasteiger charge is 2.30. The molecule has 4 aromatic rings. The summed E-state index contributed by atoms with van der Waals surface area (Å²) in [5.74, 6) is -1.19. The van der Waals surface area contributed by atoms with Gasteiger partial charge in [-0.05, 0) is 58.3 Å². The fraction of sp³-hybridized carbons (Fsp3) is 0.0370. The minimum atomic E-state index is -0.647. The molecule has 0 aromatic heterocycles. The average Bonchev–Trinajstić information content (AvgIpc) is 2.79. The monoisotopic (exact) mass is 434 g/mol. The first kappa shape index (κ1) is 20.3. The summed E-state index contributed by atoms with van der Waals surface area (Å²) in [7, 11) is 0. The molecule has 33 heavy (non-hydrogen) atoms. The third-order valence-electron chi connectivity index (χ3n) is 5.72. The van der Waals surface area contributed by atoms with Gasteiger partial charge in [0.05, 0.1) is 5.92 Å². The minimum Gasteiger partial charge on any atom is -0.399 e. The zero-order valence-electron chi connectivity index (χ0n) is 17.7. The normalized spacial score (nSPS) is 14.4. The van der Waals surface area contributed by atoms with Gasteiger partial charge in [0.1, 0.15) is 0 Å². The average molecular weight is 434 g/mol. The minimum absolute atomic E-state index is 0.239. The third-order valence-corrected chi connectivity index (χ3v) is 5.72. The summed E-state index contributed by atoms with van der Waals surface area (Å²) in [6.45, 7) is 0. The highest BCUT2D eigenvalue weighted by atomic mass is 16.2. The van der Waals surface area contributed by atoms with E-state index < -0.39 is 5.92 Å². The van der Waals surface area contributed by atoms with Gasteiger partial charge in [-0.25, -0.2) is 0 Å². The second-order valence-corrected chi connectivity index (χ2v) is 8.00. The Morgan fingerprint density at radius 1 is 0.727 bits per heavy atom. The SMILES string of the molecule is Nc1cccc(NC(=O)C2=CC(C(=O)Nc3cccc(N)c3)c3cccc4cccc2c34)c1. The molecule has 0 heterocycles. The number of nitrogens with one attached hydrogen (secondary N) is 2. The van der Waals surface area contributed by atoms with Crippen molar-refractivity contribution in [1.29, 1.82) is 0 Å². The van der Waals surface area contributed by atoms with Gasteiger partial charge in [0.2, 0.25) is 5.91 Å². The van der Waals surface area contributed by atoms with Crippen LogP contribution < -0.4 is 22.1 Å². The van der Waals surface area contributed by atoms with Gasteiger partial charge >= 0.3 is 0 Å². The number of carbonyl (C=O) groups is 2. The molecule has 0 fully saturated rings. The first-order valence-corrected chi connectivity index (χ1v) is 10.6. The summed E-state index contributed by atoms with van der Waals surface area (Å²) >= 11 is 0. The van der Waals surface area contributed by atoms with Gasteiger partial charge in [0.15, 0.2) is 0 Å². The lowest BCUT2D eigenvalue weighted by Gasteiger charge is -2.24. The largest absolute Gasteiger partial charge is 0.399 e. The van der Waals surface area contributed by atoms with Gasteiger partial charge in [-0.3, -0.25) is 9.59 Å². The third kappa shape index (κ3) is 3.90. The molecule has 1 aliphatic carbocycles. The summed E-state index contributed by atoms with van der Waals surface area (Å²) in [5, 5.41) is 7.70. The van der Waals surface area contributed by atoms with Crippen molar-refractivity contribution in [3.63, 3.8) is 0 Å². The summed E-state index contributed by atoms with van der Waals surface area (Å²) < 4.78 is 0. The van der Waals surface area contributed by atoms with Crippen LogP contribution in [0.3, 0.4) is 0 Å². The van der Waals surface area contributed by atoms with Crippen LogP contribution in [0.5, 0.6) is 0 Å². The maximum absolute atomic E-state index is 13.4. The lowest BCUT2D eigenvalue weighted by molar-refractivity contribution is -0.116.